The van der Waals surface area contributed by atoms with Crippen LogP contribution in [-0.4, -0.2) is 19.9 Å². The number of rotatable bonds is 3. The van der Waals surface area contributed by atoms with E-state index in [9.17, 15) is 26.3 Å². The number of halogens is 6. The molecule has 6 nitrogen and oxygen atoms in total. The molecule has 0 aliphatic heterocycles. The van der Waals surface area contributed by atoms with Crippen molar-refractivity contribution < 1.29 is 26.3 Å². The molecule has 166 valence electrons. The van der Waals surface area contributed by atoms with Crippen molar-refractivity contribution in [2.75, 3.05) is 5.32 Å². The number of hydrogen-bond acceptors (Lipinski definition) is 5. The molecule has 0 spiro atoms. The molecule has 0 unspecified atom stereocenters. The van der Waals surface area contributed by atoms with E-state index in [0.717, 1.165) is 12.3 Å². The molecule has 0 amide bonds. The molecule has 0 fully saturated rings. The van der Waals surface area contributed by atoms with Crippen LogP contribution in [0.1, 0.15) is 11.1 Å². The number of nitrogens with zero attached hydrogens (tertiary/aromatic N) is 5. The second-order valence-corrected chi connectivity index (χ2v) is 6.71. The first-order chi connectivity index (χ1) is 15.6. The average molecular weight is 460 g/mol. The molecule has 0 radical (unpaired) electrons. The van der Waals surface area contributed by atoms with E-state index in [4.69, 9.17) is 6.57 Å². The highest BCUT2D eigenvalue weighted by molar-refractivity contribution is 5.94. The molecule has 0 aliphatic carbocycles. The standard InChI is InChI=1S/C21H10F6N6/c1-28-13-7-15(21(25,26)27)18(30-10-13)11-2-3-14-16(4-5-29-17(14)6-11)33-19-31-8-12(9-32-19)20(22,23)24/h2-10H,(H,29,31,32,33). The van der Waals surface area contributed by atoms with Crippen molar-refractivity contribution in [2.24, 2.45) is 0 Å². The van der Waals surface area contributed by atoms with Crippen molar-refractivity contribution in [1.82, 2.24) is 19.9 Å². The fraction of sp³-hybridized carbons (Fsp3) is 0.0952. The molecular weight excluding hydrogens is 450 g/mol. The highest BCUT2D eigenvalue weighted by atomic mass is 19.4. The van der Waals surface area contributed by atoms with Crippen molar-refractivity contribution in [3.05, 3.63) is 77.7 Å². The van der Waals surface area contributed by atoms with Crippen LogP contribution in [0.4, 0.5) is 43.7 Å². The number of hydrogen-bond donors (Lipinski definition) is 1. The highest BCUT2D eigenvalue weighted by Crippen LogP contribution is 2.39. The number of nitrogens with one attached hydrogen (secondary N) is 1. The van der Waals surface area contributed by atoms with Crippen LogP contribution in [0.3, 0.4) is 0 Å². The van der Waals surface area contributed by atoms with E-state index in [2.05, 4.69) is 30.1 Å². The summed E-state index contributed by atoms with van der Waals surface area (Å²) in [6.07, 6.45) is -5.61. The molecule has 33 heavy (non-hydrogen) atoms. The fourth-order valence-corrected chi connectivity index (χ4v) is 3.02. The van der Waals surface area contributed by atoms with Gasteiger partial charge in [-0.05, 0) is 18.2 Å². The Bertz CT molecular complexity index is 1370. The van der Waals surface area contributed by atoms with Gasteiger partial charge in [0.1, 0.15) is 0 Å². The van der Waals surface area contributed by atoms with Gasteiger partial charge in [0, 0.05) is 35.7 Å². The summed E-state index contributed by atoms with van der Waals surface area (Å²) >= 11 is 0. The Morgan fingerprint density at radius 3 is 2.18 bits per heavy atom. The second-order valence-electron chi connectivity index (χ2n) is 6.71. The zero-order valence-corrected chi connectivity index (χ0v) is 16.2. The number of alkyl halides is 6. The third kappa shape index (κ3) is 4.52. The summed E-state index contributed by atoms with van der Waals surface area (Å²) in [4.78, 5) is 18.3. The molecule has 4 aromatic rings. The normalized spacial score (nSPS) is 11.9. The lowest BCUT2D eigenvalue weighted by molar-refractivity contribution is -0.138. The maximum absolute atomic E-state index is 13.5. The Kier molecular flexibility index (Phi) is 5.33. The minimum absolute atomic E-state index is 0.102. The number of fused-ring (bicyclic) bond motifs is 1. The number of benzene rings is 1. The Morgan fingerprint density at radius 2 is 1.55 bits per heavy atom. The lowest BCUT2D eigenvalue weighted by Crippen LogP contribution is -2.08. The summed E-state index contributed by atoms with van der Waals surface area (Å²) in [7, 11) is 0. The van der Waals surface area contributed by atoms with E-state index in [-0.39, 0.29) is 22.9 Å². The Morgan fingerprint density at radius 1 is 0.818 bits per heavy atom. The van der Waals surface area contributed by atoms with E-state index in [1.807, 2.05) is 0 Å². The number of aromatic nitrogens is 4. The van der Waals surface area contributed by atoms with Gasteiger partial charge >= 0.3 is 12.4 Å². The molecular formula is C21H10F6N6. The Balaban J connectivity index is 1.72. The van der Waals surface area contributed by atoms with Crippen molar-refractivity contribution >= 4 is 28.2 Å². The van der Waals surface area contributed by atoms with Gasteiger partial charge < -0.3 is 5.32 Å². The third-order valence-electron chi connectivity index (χ3n) is 4.55. The van der Waals surface area contributed by atoms with Crippen LogP contribution in [0.2, 0.25) is 0 Å². The summed E-state index contributed by atoms with van der Waals surface area (Å²) < 4.78 is 78.6. The monoisotopic (exact) mass is 460 g/mol. The molecule has 0 aliphatic rings. The first-order valence-electron chi connectivity index (χ1n) is 9.06. The van der Waals surface area contributed by atoms with Crippen molar-refractivity contribution in [3.63, 3.8) is 0 Å². The zero-order valence-electron chi connectivity index (χ0n) is 16.2. The average Bonchev–Trinajstić information content (AvgIpc) is 2.77. The number of pyridine rings is 2. The van der Waals surface area contributed by atoms with Gasteiger partial charge in [-0.3, -0.25) is 9.97 Å². The van der Waals surface area contributed by atoms with Gasteiger partial charge in [0.2, 0.25) is 11.6 Å². The minimum atomic E-state index is -4.73. The van der Waals surface area contributed by atoms with Gasteiger partial charge in [-0.25, -0.2) is 14.8 Å². The van der Waals surface area contributed by atoms with Crippen molar-refractivity contribution in [1.29, 1.82) is 0 Å². The first kappa shape index (κ1) is 21.9. The van der Waals surface area contributed by atoms with Gasteiger partial charge in [-0.15, -0.1) is 0 Å². The lowest BCUT2D eigenvalue weighted by Gasteiger charge is -2.14. The van der Waals surface area contributed by atoms with E-state index in [1.54, 1.807) is 0 Å². The van der Waals surface area contributed by atoms with Gasteiger partial charge in [0.25, 0.3) is 0 Å². The molecule has 1 N–H and O–H groups in total. The zero-order chi connectivity index (χ0) is 23.8. The topological polar surface area (TPSA) is 68.0 Å². The van der Waals surface area contributed by atoms with Gasteiger partial charge in [0.05, 0.1) is 34.6 Å². The summed E-state index contributed by atoms with van der Waals surface area (Å²) in [5.41, 5.74) is -1.85. The van der Waals surface area contributed by atoms with E-state index in [1.165, 1.54) is 30.5 Å². The predicted molar refractivity (Wildman–Crippen MR) is 107 cm³/mol. The van der Waals surface area contributed by atoms with E-state index in [0.29, 0.717) is 29.0 Å². The maximum atomic E-state index is 13.5. The lowest BCUT2D eigenvalue weighted by atomic mass is 10.0. The number of anilines is 2. The van der Waals surface area contributed by atoms with Crippen molar-refractivity contribution in [3.8, 4) is 11.3 Å². The molecule has 3 aromatic heterocycles. The van der Waals surface area contributed by atoms with Crippen LogP contribution in [-0.2, 0) is 12.4 Å². The Labute approximate surface area is 181 Å². The molecule has 4 rings (SSSR count). The Hall–Kier alpha value is -4.27. The van der Waals surface area contributed by atoms with Gasteiger partial charge in [-0.2, -0.15) is 26.3 Å². The SMILES string of the molecule is [C-]#[N+]c1cnc(-c2ccc3c(Nc4ncc(C(F)(F)F)cn4)ccnc3c2)c(C(F)(F)F)c1. The van der Waals surface area contributed by atoms with Gasteiger partial charge in [-0.1, -0.05) is 12.1 Å². The van der Waals surface area contributed by atoms with Crippen LogP contribution in [0.25, 0.3) is 27.0 Å². The second kappa shape index (κ2) is 8.01. The minimum Gasteiger partial charge on any atom is -0.323 e. The van der Waals surface area contributed by atoms with Crippen LogP contribution in [0.15, 0.2) is 55.1 Å². The molecule has 0 saturated carbocycles. The fourth-order valence-electron chi connectivity index (χ4n) is 3.02. The van der Waals surface area contributed by atoms with Crippen LogP contribution in [0.5, 0.6) is 0 Å². The summed E-state index contributed by atoms with van der Waals surface area (Å²) in [6, 6.07) is 6.54. The van der Waals surface area contributed by atoms with Crippen LogP contribution >= 0.6 is 0 Å². The third-order valence-corrected chi connectivity index (χ3v) is 4.55. The summed E-state index contributed by atoms with van der Waals surface area (Å²) in [6.45, 7) is 6.92. The molecule has 12 heteroatoms. The summed E-state index contributed by atoms with van der Waals surface area (Å²) in [5.74, 6) is -0.102. The molecule has 3 heterocycles. The van der Waals surface area contributed by atoms with Crippen LogP contribution in [0, 0.1) is 6.57 Å². The molecule has 0 bridgehead atoms. The molecule has 0 atom stereocenters. The predicted octanol–water partition coefficient (Wildman–Crippen LogP) is 6.42. The van der Waals surface area contributed by atoms with Crippen molar-refractivity contribution in [2.45, 2.75) is 12.4 Å². The summed E-state index contributed by atoms with van der Waals surface area (Å²) in [5, 5.41) is 3.25. The van der Waals surface area contributed by atoms with Gasteiger partial charge in [0.15, 0.2) is 0 Å². The maximum Gasteiger partial charge on any atom is 0.419 e. The first-order valence-corrected chi connectivity index (χ1v) is 9.06. The largest absolute Gasteiger partial charge is 0.419 e. The molecule has 0 saturated heterocycles. The van der Waals surface area contributed by atoms with E-state index >= 15 is 0 Å². The smallest absolute Gasteiger partial charge is 0.323 e. The quantitative estimate of drug-likeness (QED) is 0.282. The highest BCUT2D eigenvalue weighted by Gasteiger charge is 2.35. The van der Waals surface area contributed by atoms with E-state index < -0.39 is 23.5 Å². The van der Waals surface area contributed by atoms with Crippen LogP contribution < -0.4 is 5.32 Å². The molecule has 1 aromatic carbocycles.